The first-order valence-electron chi connectivity index (χ1n) is 6.22. The normalized spacial score (nSPS) is 11.0. The van der Waals surface area contributed by atoms with Gasteiger partial charge in [0.15, 0.2) is 0 Å². The van der Waals surface area contributed by atoms with Gasteiger partial charge in [-0.2, -0.15) is 0 Å². The van der Waals surface area contributed by atoms with E-state index < -0.39 is 12.4 Å². The smallest absolute Gasteiger partial charge is 0.305 e. The summed E-state index contributed by atoms with van der Waals surface area (Å²) in [4.78, 5) is 11.1. The molecule has 0 fully saturated rings. The number of ether oxygens (including phenoxy) is 1. The highest BCUT2D eigenvalue weighted by Gasteiger charge is 2.14. The topological polar surface area (TPSA) is 51.5 Å². The zero-order chi connectivity index (χ0) is 14.7. The molecule has 2 aromatic rings. The van der Waals surface area contributed by atoms with Gasteiger partial charge in [0.25, 0.3) is 0 Å². The van der Waals surface area contributed by atoms with Crippen LogP contribution in [0.2, 0.25) is 5.02 Å². The highest BCUT2D eigenvalue weighted by atomic mass is 35.5. The van der Waals surface area contributed by atoms with Gasteiger partial charge in [-0.1, -0.05) is 11.6 Å². The number of rotatable bonds is 5. The zero-order valence-corrected chi connectivity index (χ0v) is 11.8. The third kappa shape index (κ3) is 2.78. The molecule has 4 nitrogen and oxygen atoms in total. The predicted molar refractivity (Wildman–Crippen MR) is 74.1 cm³/mol. The van der Waals surface area contributed by atoms with Crippen molar-refractivity contribution in [1.29, 1.82) is 0 Å². The molecule has 6 heteroatoms. The van der Waals surface area contributed by atoms with Crippen LogP contribution in [0.4, 0.5) is 4.39 Å². The minimum atomic E-state index is -0.589. The number of fused-ring (bicyclic) bond motifs is 1. The van der Waals surface area contributed by atoms with Crippen molar-refractivity contribution in [2.45, 2.75) is 26.0 Å². The summed E-state index contributed by atoms with van der Waals surface area (Å²) in [5, 5.41) is 9.75. The summed E-state index contributed by atoms with van der Waals surface area (Å²) < 4.78 is 20.2. The van der Waals surface area contributed by atoms with Crippen molar-refractivity contribution in [1.82, 2.24) is 4.57 Å². The summed E-state index contributed by atoms with van der Waals surface area (Å²) in [5.74, 6) is -0.851. The van der Waals surface area contributed by atoms with Crippen molar-refractivity contribution in [3.05, 3.63) is 34.7 Å². The molecule has 0 aliphatic rings. The van der Waals surface area contributed by atoms with Gasteiger partial charge in [-0.3, -0.25) is 4.79 Å². The first kappa shape index (κ1) is 14.8. The molecule has 0 aliphatic carbocycles. The van der Waals surface area contributed by atoms with E-state index >= 15 is 0 Å². The fourth-order valence-electron chi connectivity index (χ4n) is 2.12. The number of nitrogens with zero attached hydrogens (tertiary/aromatic N) is 1. The average Bonchev–Trinajstić information content (AvgIpc) is 2.85. The minimum absolute atomic E-state index is 0.0123. The second-order valence-corrected chi connectivity index (χ2v) is 4.82. The second-order valence-electron chi connectivity index (χ2n) is 4.44. The van der Waals surface area contributed by atoms with E-state index in [1.165, 1.54) is 7.11 Å². The largest absolute Gasteiger partial charge is 0.469 e. The lowest BCUT2D eigenvalue weighted by molar-refractivity contribution is -0.140. The van der Waals surface area contributed by atoms with E-state index in [9.17, 15) is 9.18 Å². The molecule has 0 amide bonds. The number of carbonyl (C=O) groups excluding carboxylic acids is 1. The number of aromatic nitrogens is 1. The van der Waals surface area contributed by atoms with Crippen molar-refractivity contribution >= 4 is 28.5 Å². The van der Waals surface area contributed by atoms with Crippen LogP contribution in [-0.2, 0) is 22.7 Å². The molecule has 0 radical (unpaired) electrons. The molecule has 1 N–H and O–H groups in total. The van der Waals surface area contributed by atoms with Gasteiger partial charge < -0.3 is 14.4 Å². The Hall–Kier alpha value is -1.59. The van der Waals surface area contributed by atoms with Crippen molar-refractivity contribution in [2.24, 2.45) is 0 Å². The number of halogens is 2. The minimum Gasteiger partial charge on any atom is -0.469 e. The number of carbonyl (C=O) groups is 1. The number of benzene rings is 1. The molecule has 108 valence electrons. The van der Waals surface area contributed by atoms with Gasteiger partial charge in [0.2, 0.25) is 0 Å². The van der Waals surface area contributed by atoms with Crippen LogP contribution in [0.15, 0.2) is 18.3 Å². The van der Waals surface area contributed by atoms with Crippen molar-refractivity contribution < 1.29 is 19.0 Å². The summed E-state index contributed by atoms with van der Waals surface area (Å²) in [7, 11) is 1.35. The molecular weight excluding hydrogens is 285 g/mol. The quantitative estimate of drug-likeness (QED) is 0.864. The fraction of sp³-hybridized carbons (Fsp3) is 0.357. The molecule has 20 heavy (non-hydrogen) atoms. The molecule has 0 atom stereocenters. The molecule has 0 unspecified atom stereocenters. The second kappa shape index (κ2) is 6.24. The van der Waals surface area contributed by atoms with E-state index in [4.69, 9.17) is 16.7 Å². The van der Waals surface area contributed by atoms with Gasteiger partial charge in [-0.05, 0) is 18.6 Å². The number of esters is 1. The van der Waals surface area contributed by atoms with Crippen LogP contribution < -0.4 is 0 Å². The number of aliphatic hydroxyl groups is 1. The van der Waals surface area contributed by atoms with Gasteiger partial charge in [0.05, 0.1) is 24.3 Å². The lowest BCUT2D eigenvalue weighted by atomic mass is 10.1. The molecule has 0 aliphatic heterocycles. The molecule has 0 spiro atoms. The Labute approximate surface area is 120 Å². The molecule has 1 aromatic carbocycles. The van der Waals surface area contributed by atoms with Crippen LogP contribution in [0.1, 0.15) is 18.4 Å². The third-order valence-corrected chi connectivity index (χ3v) is 3.58. The van der Waals surface area contributed by atoms with E-state index in [0.29, 0.717) is 24.8 Å². The standard InChI is InChI=1S/C14H15ClFNO3/c1-20-12(19)3-2-5-17-6-4-10-11(17)7-9(8-18)14(16)13(10)15/h4,6-7,18H,2-3,5,8H2,1H3. The first-order chi connectivity index (χ1) is 9.58. The van der Waals surface area contributed by atoms with E-state index in [0.717, 1.165) is 5.52 Å². The van der Waals surface area contributed by atoms with Crippen LogP contribution in [0.5, 0.6) is 0 Å². The number of methoxy groups -OCH3 is 1. The molecule has 1 heterocycles. The fourth-order valence-corrected chi connectivity index (χ4v) is 2.41. The first-order valence-corrected chi connectivity index (χ1v) is 6.59. The van der Waals surface area contributed by atoms with E-state index in [1.807, 2.05) is 4.57 Å². The van der Waals surface area contributed by atoms with Crippen LogP contribution in [0.25, 0.3) is 10.9 Å². The van der Waals surface area contributed by atoms with Gasteiger partial charge in [-0.15, -0.1) is 0 Å². The van der Waals surface area contributed by atoms with Crippen molar-refractivity contribution in [3.63, 3.8) is 0 Å². The molecule has 0 saturated carbocycles. The van der Waals surface area contributed by atoms with E-state index in [1.54, 1.807) is 18.3 Å². The SMILES string of the molecule is COC(=O)CCCn1ccc2c(Cl)c(F)c(CO)cc21. The van der Waals surface area contributed by atoms with Crippen LogP contribution >= 0.6 is 11.6 Å². The highest BCUT2D eigenvalue weighted by molar-refractivity contribution is 6.35. The Morgan fingerprint density at radius 2 is 2.30 bits per heavy atom. The summed E-state index contributed by atoms with van der Waals surface area (Å²) in [6.45, 7) is 0.181. The average molecular weight is 300 g/mol. The number of hydrogen-bond acceptors (Lipinski definition) is 3. The molecule has 0 bridgehead atoms. The molecule has 2 rings (SSSR count). The van der Waals surface area contributed by atoms with Crippen LogP contribution in [0.3, 0.4) is 0 Å². The lowest BCUT2D eigenvalue weighted by Crippen LogP contribution is -2.04. The maximum Gasteiger partial charge on any atom is 0.305 e. The van der Waals surface area contributed by atoms with Gasteiger partial charge in [0.1, 0.15) is 5.82 Å². The van der Waals surface area contributed by atoms with Crippen molar-refractivity contribution in [3.8, 4) is 0 Å². The molecule has 1 aromatic heterocycles. The zero-order valence-electron chi connectivity index (χ0n) is 11.0. The molecular formula is C14H15ClFNO3. The number of aryl methyl sites for hydroxylation is 1. The Bertz CT molecular complexity index is 639. The maximum atomic E-state index is 13.8. The predicted octanol–water partition coefficient (Wildman–Crippen LogP) is 2.88. The Morgan fingerprint density at radius 3 is 2.95 bits per heavy atom. The van der Waals surface area contributed by atoms with E-state index in [-0.39, 0.29) is 16.6 Å². The van der Waals surface area contributed by atoms with Crippen molar-refractivity contribution in [2.75, 3.05) is 7.11 Å². The van der Waals surface area contributed by atoms with E-state index in [2.05, 4.69) is 4.74 Å². The highest BCUT2D eigenvalue weighted by Crippen LogP contribution is 2.30. The monoisotopic (exact) mass is 299 g/mol. The van der Waals surface area contributed by atoms with Gasteiger partial charge in [-0.25, -0.2) is 4.39 Å². The Morgan fingerprint density at radius 1 is 1.55 bits per heavy atom. The molecule has 0 saturated heterocycles. The Balaban J connectivity index is 2.27. The summed E-state index contributed by atoms with van der Waals surface area (Å²) in [6.07, 6.45) is 2.71. The van der Waals surface area contributed by atoms with Gasteiger partial charge >= 0.3 is 5.97 Å². The summed E-state index contributed by atoms with van der Waals surface area (Å²) in [5.41, 5.74) is 0.903. The number of aliphatic hydroxyl groups excluding tert-OH is 1. The maximum absolute atomic E-state index is 13.8. The van der Waals surface area contributed by atoms with Gasteiger partial charge in [0, 0.05) is 30.1 Å². The lowest BCUT2D eigenvalue weighted by Gasteiger charge is -2.08. The summed E-state index contributed by atoms with van der Waals surface area (Å²) in [6, 6.07) is 3.30. The Kier molecular flexibility index (Phi) is 4.62. The van der Waals surface area contributed by atoms with Crippen LogP contribution in [-0.4, -0.2) is 22.8 Å². The summed E-state index contributed by atoms with van der Waals surface area (Å²) >= 11 is 5.96. The third-order valence-electron chi connectivity index (χ3n) is 3.21. The number of hydrogen-bond donors (Lipinski definition) is 1. The van der Waals surface area contributed by atoms with Crippen LogP contribution in [0, 0.1) is 5.82 Å².